The molecule has 0 aliphatic carbocycles. The van der Waals surface area contributed by atoms with Crippen LogP contribution in [0.3, 0.4) is 0 Å². The van der Waals surface area contributed by atoms with E-state index in [1.165, 1.54) is 5.56 Å². The smallest absolute Gasteiger partial charge is 0.272 e. The molecule has 0 spiro atoms. The van der Waals surface area contributed by atoms with Crippen LogP contribution in [0.4, 0.5) is 0 Å². The molecule has 1 heterocycles. The summed E-state index contributed by atoms with van der Waals surface area (Å²) < 4.78 is 1.63. The van der Waals surface area contributed by atoms with Crippen molar-refractivity contribution in [3.63, 3.8) is 0 Å². The van der Waals surface area contributed by atoms with E-state index in [0.29, 0.717) is 5.69 Å². The molecule has 1 amide bonds. The van der Waals surface area contributed by atoms with E-state index in [1.807, 2.05) is 27.0 Å². The Labute approximate surface area is 120 Å². The van der Waals surface area contributed by atoms with Crippen molar-refractivity contribution in [1.82, 2.24) is 14.7 Å². The first-order valence-corrected chi connectivity index (χ1v) is 6.74. The molecular formula is C16H21N3O. The summed E-state index contributed by atoms with van der Waals surface area (Å²) in [7, 11) is 3.62. The number of aryl methyl sites for hydroxylation is 3. The number of amides is 1. The van der Waals surface area contributed by atoms with Crippen LogP contribution in [0.15, 0.2) is 30.3 Å². The van der Waals surface area contributed by atoms with Gasteiger partial charge in [-0.15, -0.1) is 0 Å². The van der Waals surface area contributed by atoms with Crippen LogP contribution in [0.5, 0.6) is 0 Å². The minimum atomic E-state index is -0.0128. The number of rotatable bonds is 3. The van der Waals surface area contributed by atoms with Crippen molar-refractivity contribution in [3.8, 4) is 0 Å². The van der Waals surface area contributed by atoms with E-state index in [2.05, 4.69) is 36.3 Å². The fourth-order valence-corrected chi connectivity index (χ4v) is 2.24. The lowest BCUT2D eigenvalue weighted by atomic mass is 10.1. The van der Waals surface area contributed by atoms with Crippen molar-refractivity contribution >= 4 is 5.91 Å². The predicted molar refractivity (Wildman–Crippen MR) is 79.6 cm³/mol. The van der Waals surface area contributed by atoms with E-state index in [-0.39, 0.29) is 11.9 Å². The van der Waals surface area contributed by atoms with Crippen molar-refractivity contribution in [2.45, 2.75) is 26.8 Å². The Hall–Kier alpha value is -2.10. The molecule has 20 heavy (non-hydrogen) atoms. The van der Waals surface area contributed by atoms with Gasteiger partial charge in [-0.3, -0.25) is 9.48 Å². The molecule has 2 rings (SSSR count). The molecule has 1 unspecified atom stereocenters. The molecule has 0 radical (unpaired) electrons. The van der Waals surface area contributed by atoms with Gasteiger partial charge in [-0.1, -0.05) is 29.8 Å². The van der Waals surface area contributed by atoms with Gasteiger partial charge in [0.15, 0.2) is 0 Å². The summed E-state index contributed by atoms with van der Waals surface area (Å²) in [6.45, 7) is 5.98. The maximum Gasteiger partial charge on any atom is 0.272 e. The second-order valence-electron chi connectivity index (χ2n) is 5.30. The van der Waals surface area contributed by atoms with Crippen LogP contribution < -0.4 is 0 Å². The van der Waals surface area contributed by atoms with Crippen molar-refractivity contribution < 1.29 is 4.79 Å². The fraction of sp³-hybridized carbons (Fsp3) is 0.375. The molecule has 0 aliphatic heterocycles. The summed E-state index contributed by atoms with van der Waals surface area (Å²) in [5.41, 5.74) is 3.82. The quantitative estimate of drug-likeness (QED) is 0.861. The monoisotopic (exact) mass is 271 g/mol. The molecule has 0 bridgehead atoms. The third kappa shape index (κ3) is 2.74. The van der Waals surface area contributed by atoms with Crippen LogP contribution >= 0.6 is 0 Å². The largest absolute Gasteiger partial charge is 0.334 e. The molecular weight excluding hydrogens is 250 g/mol. The van der Waals surface area contributed by atoms with Crippen LogP contribution in [-0.4, -0.2) is 27.6 Å². The van der Waals surface area contributed by atoms with Gasteiger partial charge in [-0.25, -0.2) is 0 Å². The molecule has 0 N–H and O–H groups in total. The Morgan fingerprint density at radius 2 is 1.85 bits per heavy atom. The number of aromatic nitrogens is 2. The molecule has 2 aromatic rings. The zero-order chi connectivity index (χ0) is 14.9. The third-order valence-electron chi connectivity index (χ3n) is 3.68. The van der Waals surface area contributed by atoms with Gasteiger partial charge in [-0.05, 0) is 32.4 Å². The molecule has 4 nitrogen and oxygen atoms in total. The number of hydrogen-bond donors (Lipinski definition) is 0. The normalized spacial score (nSPS) is 12.2. The number of carbonyl (C=O) groups excluding carboxylic acids is 1. The van der Waals surface area contributed by atoms with Gasteiger partial charge < -0.3 is 4.90 Å². The van der Waals surface area contributed by atoms with Crippen molar-refractivity contribution in [2.75, 3.05) is 7.05 Å². The Morgan fingerprint density at radius 1 is 1.25 bits per heavy atom. The molecule has 0 fully saturated rings. The molecule has 0 aliphatic rings. The molecule has 4 heteroatoms. The highest BCUT2D eigenvalue weighted by atomic mass is 16.2. The minimum Gasteiger partial charge on any atom is -0.334 e. The first-order valence-electron chi connectivity index (χ1n) is 6.74. The average Bonchev–Trinajstić information content (AvgIpc) is 2.76. The summed E-state index contributed by atoms with van der Waals surface area (Å²) >= 11 is 0. The zero-order valence-electron chi connectivity index (χ0n) is 12.7. The summed E-state index contributed by atoms with van der Waals surface area (Å²) in [5, 5.41) is 4.23. The first kappa shape index (κ1) is 14.3. The highest BCUT2D eigenvalue weighted by Gasteiger charge is 2.21. The maximum atomic E-state index is 12.5. The second kappa shape index (κ2) is 5.49. The van der Waals surface area contributed by atoms with Crippen LogP contribution in [-0.2, 0) is 7.05 Å². The Morgan fingerprint density at radius 3 is 2.35 bits per heavy atom. The molecule has 106 valence electrons. The van der Waals surface area contributed by atoms with E-state index >= 15 is 0 Å². The van der Waals surface area contributed by atoms with Gasteiger partial charge >= 0.3 is 0 Å². The van der Waals surface area contributed by atoms with E-state index in [9.17, 15) is 4.79 Å². The van der Waals surface area contributed by atoms with Crippen molar-refractivity contribution in [3.05, 3.63) is 52.8 Å². The number of hydrogen-bond acceptors (Lipinski definition) is 2. The number of benzene rings is 1. The standard InChI is InChI=1S/C16H21N3O/c1-11-6-8-14(9-7-11)13(3)18(4)16(20)15-10-12(2)17-19(15)5/h6-10,13H,1-5H3. The Kier molecular flexibility index (Phi) is 3.93. The Balaban J connectivity index is 2.22. The van der Waals surface area contributed by atoms with Crippen LogP contribution in [0.1, 0.15) is 40.3 Å². The van der Waals surface area contributed by atoms with Crippen molar-refractivity contribution in [2.24, 2.45) is 7.05 Å². The van der Waals surface area contributed by atoms with Crippen molar-refractivity contribution in [1.29, 1.82) is 0 Å². The van der Waals surface area contributed by atoms with E-state index in [0.717, 1.165) is 11.3 Å². The lowest BCUT2D eigenvalue weighted by Crippen LogP contribution is -2.31. The van der Waals surface area contributed by atoms with Gasteiger partial charge in [0.25, 0.3) is 5.91 Å². The predicted octanol–water partition coefficient (Wildman–Crippen LogP) is 2.87. The summed E-state index contributed by atoms with van der Waals surface area (Å²) in [6.07, 6.45) is 0. The van der Waals surface area contributed by atoms with Crippen LogP contribution in [0.2, 0.25) is 0 Å². The van der Waals surface area contributed by atoms with E-state index < -0.39 is 0 Å². The molecule has 1 aromatic carbocycles. The number of carbonyl (C=O) groups is 1. The van der Waals surface area contributed by atoms with Gasteiger partial charge in [0.2, 0.25) is 0 Å². The first-order chi connectivity index (χ1) is 9.40. The van der Waals surface area contributed by atoms with Gasteiger partial charge in [-0.2, -0.15) is 5.10 Å². The lowest BCUT2D eigenvalue weighted by Gasteiger charge is -2.25. The zero-order valence-corrected chi connectivity index (χ0v) is 12.7. The fourth-order valence-electron chi connectivity index (χ4n) is 2.24. The molecule has 0 saturated carbocycles. The third-order valence-corrected chi connectivity index (χ3v) is 3.68. The van der Waals surface area contributed by atoms with Gasteiger partial charge in [0, 0.05) is 14.1 Å². The lowest BCUT2D eigenvalue weighted by molar-refractivity contribution is 0.0731. The summed E-state index contributed by atoms with van der Waals surface area (Å²) in [6, 6.07) is 10.1. The molecule has 1 aromatic heterocycles. The highest BCUT2D eigenvalue weighted by molar-refractivity contribution is 5.92. The molecule has 0 saturated heterocycles. The van der Waals surface area contributed by atoms with Gasteiger partial charge in [0.05, 0.1) is 11.7 Å². The summed E-state index contributed by atoms with van der Waals surface area (Å²) in [5.74, 6) is -0.0128. The number of nitrogens with zero attached hydrogens (tertiary/aromatic N) is 3. The van der Waals surface area contributed by atoms with E-state index in [1.54, 1.807) is 16.6 Å². The van der Waals surface area contributed by atoms with Crippen LogP contribution in [0.25, 0.3) is 0 Å². The van der Waals surface area contributed by atoms with Gasteiger partial charge in [0.1, 0.15) is 5.69 Å². The molecule has 1 atom stereocenters. The minimum absolute atomic E-state index is 0.0128. The highest BCUT2D eigenvalue weighted by Crippen LogP contribution is 2.21. The maximum absolute atomic E-state index is 12.5. The average molecular weight is 271 g/mol. The van der Waals surface area contributed by atoms with Crippen LogP contribution in [0, 0.1) is 13.8 Å². The van der Waals surface area contributed by atoms with E-state index in [4.69, 9.17) is 0 Å². The summed E-state index contributed by atoms with van der Waals surface area (Å²) in [4.78, 5) is 14.3. The second-order valence-corrected chi connectivity index (χ2v) is 5.30. The Bertz CT molecular complexity index is 613. The topological polar surface area (TPSA) is 38.1 Å². The SMILES string of the molecule is Cc1ccc(C(C)N(C)C(=O)c2cc(C)nn2C)cc1.